The molecule has 1 aromatic carbocycles. The van der Waals surface area contributed by atoms with E-state index in [1.165, 1.54) is 12.0 Å². The van der Waals surface area contributed by atoms with Crippen molar-refractivity contribution in [3.63, 3.8) is 0 Å². The van der Waals surface area contributed by atoms with Crippen molar-refractivity contribution in [1.29, 1.82) is 0 Å². The third-order valence-electron chi connectivity index (χ3n) is 4.54. The Bertz CT molecular complexity index is 442. The molecule has 2 unspecified atom stereocenters. The highest BCUT2D eigenvalue weighted by Crippen LogP contribution is 2.59. The largest absolute Gasteiger partial charge is 0.342 e. The van der Waals surface area contributed by atoms with Gasteiger partial charge in [0.1, 0.15) is 0 Å². The summed E-state index contributed by atoms with van der Waals surface area (Å²) in [6, 6.07) is 10.7. The molecule has 0 radical (unpaired) electrons. The first-order chi connectivity index (χ1) is 9.60. The van der Waals surface area contributed by atoms with E-state index in [9.17, 15) is 4.79 Å². The number of rotatable bonds is 7. The van der Waals surface area contributed by atoms with E-state index in [1.807, 2.05) is 6.92 Å². The van der Waals surface area contributed by atoms with Crippen LogP contribution in [0.5, 0.6) is 0 Å². The van der Waals surface area contributed by atoms with Gasteiger partial charge in [-0.3, -0.25) is 4.79 Å². The SMILES string of the molecule is CCCCN(CC1(C)CC1c1ccccc1)C(=O)CC. The van der Waals surface area contributed by atoms with Crippen molar-refractivity contribution in [3.8, 4) is 0 Å². The van der Waals surface area contributed by atoms with E-state index in [4.69, 9.17) is 0 Å². The zero-order valence-electron chi connectivity index (χ0n) is 13.1. The minimum Gasteiger partial charge on any atom is -0.342 e. The van der Waals surface area contributed by atoms with Gasteiger partial charge in [-0.05, 0) is 29.7 Å². The lowest BCUT2D eigenvalue weighted by Gasteiger charge is -2.26. The molecule has 2 heteroatoms. The molecule has 1 aliphatic carbocycles. The molecule has 1 amide bonds. The topological polar surface area (TPSA) is 20.3 Å². The molecule has 1 fully saturated rings. The molecule has 20 heavy (non-hydrogen) atoms. The number of benzene rings is 1. The zero-order valence-corrected chi connectivity index (χ0v) is 13.1. The Labute approximate surface area is 123 Å². The van der Waals surface area contributed by atoms with Crippen LogP contribution in [0.4, 0.5) is 0 Å². The van der Waals surface area contributed by atoms with Gasteiger partial charge in [0.25, 0.3) is 0 Å². The molecule has 110 valence electrons. The lowest BCUT2D eigenvalue weighted by Crippen LogP contribution is -2.36. The van der Waals surface area contributed by atoms with E-state index in [2.05, 4.69) is 49.1 Å². The van der Waals surface area contributed by atoms with Crippen LogP contribution in [0.25, 0.3) is 0 Å². The Kier molecular flexibility index (Phi) is 4.85. The number of carbonyl (C=O) groups is 1. The van der Waals surface area contributed by atoms with Crippen LogP contribution in [0, 0.1) is 5.41 Å². The van der Waals surface area contributed by atoms with Gasteiger partial charge in [-0.25, -0.2) is 0 Å². The van der Waals surface area contributed by atoms with Gasteiger partial charge in [-0.15, -0.1) is 0 Å². The summed E-state index contributed by atoms with van der Waals surface area (Å²) in [7, 11) is 0. The molecule has 2 nitrogen and oxygen atoms in total. The van der Waals surface area contributed by atoms with E-state index in [1.54, 1.807) is 0 Å². The number of unbranched alkanes of at least 4 members (excludes halogenated alkanes) is 1. The molecule has 0 aliphatic heterocycles. The summed E-state index contributed by atoms with van der Waals surface area (Å²) < 4.78 is 0. The number of carbonyl (C=O) groups excluding carboxylic acids is 1. The molecule has 0 aromatic heterocycles. The van der Waals surface area contributed by atoms with Gasteiger partial charge in [0.2, 0.25) is 5.91 Å². The van der Waals surface area contributed by atoms with Crippen LogP contribution >= 0.6 is 0 Å². The second-order valence-corrected chi connectivity index (χ2v) is 6.34. The quantitative estimate of drug-likeness (QED) is 0.728. The number of amides is 1. The molecule has 0 bridgehead atoms. The zero-order chi connectivity index (χ0) is 14.6. The van der Waals surface area contributed by atoms with Crippen LogP contribution in [-0.4, -0.2) is 23.9 Å². The minimum absolute atomic E-state index is 0.278. The maximum Gasteiger partial charge on any atom is 0.222 e. The van der Waals surface area contributed by atoms with Crippen LogP contribution in [-0.2, 0) is 4.79 Å². The number of nitrogens with zero attached hydrogens (tertiary/aromatic N) is 1. The summed E-state index contributed by atoms with van der Waals surface area (Å²) in [5.74, 6) is 0.927. The Morgan fingerprint density at radius 1 is 1.30 bits per heavy atom. The maximum absolute atomic E-state index is 12.1. The maximum atomic E-state index is 12.1. The van der Waals surface area contributed by atoms with Gasteiger partial charge < -0.3 is 4.90 Å². The second kappa shape index (κ2) is 6.43. The second-order valence-electron chi connectivity index (χ2n) is 6.34. The van der Waals surface area contributed by atoms with Crippen molar-refractivity contribution in [3.05, 3.63) is 35.9 Å². The van der Waals surface area contributed by atoms with Gasteiger partial charge in [-0.2, -0.15) is 0 Å². The molecule has 0 saturated heterocycles. The third-order valence-corrected chi connectivity index (χ3v) is 4.54. The van der Waals surface area contributed by atoms with Gasteiger partial charge >= 0.3 is 0 Å². The molecule has 1 aromatic rings. The first-order valence-corrected chi connectivity index (χ1v) is 7.93. The molecule has 0 heterocycles. The van der Waals surface area contributed by atoms with E-state index >= 15 is 0 Å². The van der Waals surface area contributed by atoms with Crippen molar-refractivity contribution >= 4 is 5.91 Å². The highest BCUT2D eigenvalue weighted by Gasteiger charge is 2.51. The van der Waals surface area contributed by atoms with E-state index < -0.39 is 0 Å². The first-order valence-electron chi connectivity index (χ1n) is 7.93. The van der Waals surface area contributed by atoms with Crippen molar-refractivity contribution < 1.29 is 4.79 Å². The average Bonchev–Trinajstić information content (AvgIpc) is 3.15. The molecule has 2 rings (SSSR count). The summed E-state index contributed by atoms with van der Waals surface area (Å²) in [5, 5.41) is 0. The van der Waals surface area contributed by atoms with Crippen molar-refractivity contribution in [2.75, 3.05) is 13.1 Å². The minimum atomic E-state index is 0.278. The van der Waals surface area contributed by atoms with Crippen molar-refractivity contribution in [1.82, 2.24) is 4.90 Å². The predicted octanol–water partition coefficient (Wildman–Crippen LogP) is 4.22. The highest BCUT2D eigenvalue weighted by atomic mass is 16.2. The van der Waals surface area contributed by atoms with Gasteiger partial charge in [0.05, 0.1) is 0 Å². The standard InChI is InChI=1S/C18H27NO/c1-4-6-12-19(17(20)5-2)14-18(3)13-16(18)15-10-8-7-9-11-15/h7-11,16H,4-6,12-14H2,1-3H3. The predicted molar refractivity (Wildman–Crippen MR) is 83.7 cm³/mol. The van der Waals surface area contributed by atoms with Crippen molar-refractivity contribution in [2.24, 2.45) is 5.41 Å². The highest BCUT2D eigenvalue weighted by molar-refractivity contribution is 5.75. The normalized spacial score (nSPS) is 24.4. The summed E-state index contributed by atoms with van der Waals surface area (Å²) in [6.07, 6.45) is 4.08. The smallest absolute Gasteiger partial charge is 0.222 e. The Morgan fingerprint density at radius 3 is 2.60 bits per heavy atom. The average molecular weight is 273 g/mol. The molecule has 1 aliphatic rings. The Morgan fingerprint density at radius 2 is 2.00 bits per heavy atom. The first kappa shape index (κ1) is 15.1. The molecule has 2 atom stereocenters. The van der Waals surface area contributed by atoms with Gasteiger partial charge in [0.15, 0.2) is 0 Å². The number of hydrogen-bond donors (Lipinski definition) is 0. The van der Waals surface area contributed by atoms with E-state index in [0.717, 1.165) is 25.9 Å². The summed E-state index contributed by atoms with van der Waals surface area (Å²) >= 11 is 0. The summed E-state index contributed by atoms with van der Waals surface area (Å²) in [5.41, 5.74) is 1.70. The molecule has 0 spiro atoms. The van der Waals surface area contributed by atoms with Crippen LogP contribution in [0.3, 0.4) is 0 Å². The van der Waals surface area contributed by atoms with Gasteiger partial charge in [0, 0.05) is 19.5 Å². The van der Waals surface area contributed by atoms with E-state index in [0.29, 0.717) is 18.2 Å². The monoisotopic (exact) mass is 273 g/mol. The molecule has 1 saturated carbocycles. The summed E-state index contributed by atoms with van der Waals surface area (Å²) in [4.78, 5) is 14.2. The van der Waals surface area contributed by atoms with Crippen LogP contribution in [0.2, 0.25) is 0 Å². The van der Waals surface area contributed by atoms with E-state index in [-0.39, 0.29) is 5.41 Å². The fourth-order valence-corrected chi connectivity index (χ4v) is 3.09. The fourth-order valence-electron chi connectivity index (χ4n) is 3.09. The Balaban J connectivity index is 1.99. The molecular formula is C18H27NO. The van der Waals surface area contributed by atoms with Crippen LogP contribution in [0.1, 0.15) is 57.9 Å². The summed E-state index contributed by atoms with van der Waals surface area (Å²) in [6.45, 7) is 8.30. The van der Waals surface area contributed by atoms with Crippen LogP contribution < -0.4 is 0 Å². The molecular weight excluding hydrogens is 246 g/mol. The Hall–Kier alpha value is -1.31. The third kappa shape index (κ3) is 3.41. The van der Waals surface area contributed by atoms with Crippen molar-refractivity contribution in [2.45, 2.75) is 52.4 Å². The fraction of sp³-hybridized carbons (Fsp3) is 0.611. The van der Waals surface area contributed by atoms with Gasteiger partial charge in [-0.1, -0.05) is 57.5 Å². The van der Waals surface area contributed by atoms with Crippen LogP contribution in [0.15, 0.2) is 30.3 Å². The lowest BCUT2D eigenvalue weighted by molar-refractivity contribution is -0.131. The number of hydrogen-bond acceptors (Lipinski definition) is 1. The molecule has 0 N–H and O–H groups in total. The lowest BCUT2D eigenvalue weighted by atomic mass is 10.00.